The summed E-state index contributed by atoms with van der Waals surface area (Å²) in [5, 5.41) is 28.6. The van der Waals surface area contributed by atoms with Crippen LogP contribution < -0.4 is 54.8 Å². The predicted octanol–water partition coefficient (Wildman–Crippen LogP) is -6.56. The number of piperazine rings is 1. The number of carbonyl (C=O) groups excluding carboxylic acids is 9. The molecule has 0 spiro atoms. The first-order valence-corrected chi connectivity index (χ1v) is 17.8. The molecule has 1 aromatic heterocycles. The number of carboxylic acid groups (broad SMARTS) is 1. The fourth-order valence-corrected chi connectivity index (χ4v) is 8.30. The van der Waals surface area contributed by atoms with E-state index >= 15 is 0 Å². The van der Waals surface area contributed by atoms with Crippen molar-refractivity contribution in [3.05, 3.63) is 35.0 Å². The number of hydrogen-bond donors (Lipinski definition) is 2. The molecule has 22 nitrogen and oxygen atoms in total. The maximum absolute atomic E-state index is 14.5. The average molecular weight is 811 g/mol. The number of carbonyl (C=O) groups is 9. The number of nitrogens with one attached hydrogen (secondary N) is 2. The third-order valence-electron chi connectivity index (χ3n) is 8.27. The molecule has 2 saturated heterocycles. The molecule has 2 aromatic rings. The number of tetrazole rings is 1. The first-order chi connectivity index (χ1) is 25.7. The summed E-state index contributed by atoms with van der Waals surface area (Å²) in [6.45, 7) is 3.64. The standard InChI is InChI=1S/C30H32N10O12S2.Na/c1-5-37-8-9-38(25(47)24(37)46)39(14-42)21(17-6-7-19(51-15(2)43)20(10-17)52-16(3)44)23(45)32-30(31-13-41)27(50)40-22(26(48)49)18(11-53-28(30)40)12-54-29-33-34-35-36(29)4;/h6-7,10,13-14,21,28H,5,8-9,11-12H2,1-4H3,(H,31,41)(H,32,45)(H,48,49);/q;+1/p-1/t21?,28-,30+;/m0./s1. The molecular formula is C30H31N10NaO12S2. The molecule has 55 heavy (non-hydrogen) atoms. The number of hydrazine groups is 1. The Bertz CT molecular complexity index is 1980. The van der Waals surface area contributed by atoms with Gasteiger partial charge in [-0.1, -0.05) is 17.8 Å². The molecule has 286 valence electrons. The van der Waals surface area contributed by atoms with Crippen LogP contribution >= 0.6 is 23.5 Å². The van der Waals surface area contributed by atoms with Crippen LogP contribution in [0.5, 0.6) is 11.5 Å². The molecule has 3 aliphatic rings. The van der Waals surface area contributed by atoms with Crippen molar-refractivity contribution >= 4 is 77.9 Å². The summed E-state index contributed by atoms with van der Waals surface area (Å²) >= 11 is 2.08. The van der Waals surface area contributed by atoms with Crippen LogP contribution in [0.1, 0.15) is 32.4 Å². The number of β-lactam (4-membered cyclic amide) rings is 1. The van der Waals surface area contributed by atoms with Gasteiger partial charge in [0.25, 0.3) is 11.8 Å². The van der Waals surface area contributed by atoms with Crippen LogP contribution in [0.25, 0.3) is 0 Å². The average Bonchev–Trinajstić information content (AvgIpc) is 3.54. The Kier molecular flexibility index (Phi) is 13.7. The minimum absolute atomic E-state index is 0. The number of rotatable bonds is 15. The van der Waals surface area contributed by atoms with Crippen molar-refractivity contribution in [1.29, 1.82) is 0 Å². The summed E-state index contributed by atoms with van der Waals surface area (Å²) in [5.74, 6) is -8.45. The first-order valence-electron chi connectivity index (χ1n) is 15.8. The molecule has 1 unspecified atom stereocenters. The first kappa shape index (κ1) is 42.7. The van der Waals surface area contributed by atoms with Crippen molar-refractivity contribution in [3.63, 3.8) is 0 Å². The minimum Gasteiger partial charge on any atom is -0.543 e. The van der Waals surface area contributed by atoms with E-state index in [0.29, 0.717) is 10.2 Å². The van der Waals surface area contributed by atoms with Gasteiger partial charge in [-0.2, -0.15) is 0 Å². The normalized spacial score (nSPS) is 19.7. The second-order valence-electron chi connectivity index (χ2n) is 11.6. The minimum atomic E-state index is -2.31. The van der Waals surface area contributed by atoms with Gasteiger partial charge in [0, 0.05) is 45.5 Å². The van der Waals surface area contributed by atoms with Crippen LogP contribution in [0, 0.1) is 0 Å². The molecule has 2 fully saturated rings. The van der Waals surface area contributed by atoms with Crippen LogP contribution in [-0.4, -0.2) is 137 Å². The smallest absolute Gasteiger partial charge is 0.543 e. The number of ether oxygens (including phenoxy) is 2. The summed E-state index contributed by atoms with van der Waals surface area (Å²) in [4.78, 5) is 118. The molecular weight excluding hydrogens is 780 g/mol. The molecule has 0 aliphatic carbocycles. The van der Waals surface area contributed by atoms with E-state index < -0.39 is 64.3 Å². The zero-order valence-electron chi connectivity index (χ0n) is 29.9. The van der Waals surface area contributed by atoms with E-state index in [2.05, 4.69) is 26.2 Å². The number of likely N-dealkylation sites (N-methyl/N-ethyl adjacent to an activating group) is 1. The second kappa shape index (κ2) is 17.6. The molecule has 2 N–H and O–H groups in total. The van der Waals surface area contributed by atoms with E-state index in [9.17, 15) is 48.3 Å². The van der Waals surface area contributed by atoms with E-state index in [1.54, 1.807) is 14.0 Å². The van der Waals surface area contributed by atoms with Gasteiger partial charge in [0.05, 0.1) is 18.2 Å². The number of aromatic nitrogens is 4. The van der Waals surface area contributed by atoms with Crippen molar-refractivity contribution in [2.75, 3.05) is 31.1 Å². The maximum atomic E-state index is 14.5. The van der Waals surface area contributed by atoms with Crippen molar-refractivity contribution < 1.29 is 87.3 Å². The summed E-state index contributed by atoms with van der Waals surface area (Å²) < 4.78 is 11.7. The summed E-state index contributed by atoms with van der Waals surface area (Å²) in [6, 6.07) is 1.46. The van der Waals surface area contributed by atoms with E-state index in [1.165, 1.54) is 15.6 Å². The molecule has 5 rings (SSSR count). The number of aryl methyl sites for hydroxylation is 1. The van der Waals surface area contributed by atoms with Crippen LogP contribution in [0.4, 0.5) is 0 Å². The molecule has 0 radical (unpaired) electrons. The Hall–Kier alpha value is -5.04. The van der Waals surface area contributed by atoms with E-state index in [4.69, 9.17) is 9.47 Å². The molecule has 0 bridgehead atoms. The van der Waals surface area contributed by atoms with Crippen LogP contribution in [0.15, 0.2) is 34.6 Å². The third-order valence-corrected chi connectivity index (χ3v) is 10.8. The van der Waals surface area contributed by atoms with Crippen LogP contribution in [0.3, 0.4) is 0 Å². The molecule has 0 saturated carbocycles. The molecule has 3 atom stereocenters. The Morgan fingerprint density at radius 3 is 2.38 bits per heavy atom. The number of nitrogens with zero attached hydrogens (tertiary/aromatic N) is 8. The van der Waals surface area contributed by atoms with Gasteiger partial charge in [0.2, 0.25) is 23.6 Å². The van der Waals surface area contributed by atoms with Crippen molar-refractivity contribution in [1.82, 2.24) is 50.7 Å². The predicted molar refractivity (Wildman–Crippen MR) is 178 cm³/mol. The van der Waals surface area contributed by atoms with Crippen molar-refractivity contribution in [2.45, 2.75) is 43.0 Å². The zero-order valence-corrected chi connectivity index (χ0v) is 33.5. The second-order valence-corrected chi connectivity index (χ2v) is 13.6. The molecule has 4 heterocycles. The maximum Gasteiger partial charge on any atom is 1.00 e. The Morgan fingerprint density at radius 2 is 1.80 bits per heavy atom. The largest absolute Gasteiger partial charge is 1.00 e. The van der Waals surface area contributed by atoms with Gasteiger partial charge in [-0.15, -0.1) is 16.9 Å². The van der Waals surface area contributed by atoms with Crippen LogP contribution in [0.2, 0.25) is 0 Å². The van der Waals surface area contributed by atoms with Gasteiger partial charge in [0.1, 0.15) is 5.37 Å². The van der Waals surface area contributed by atoms with Crippen LogP contribution in [-0.2, 0) is 50.2 Å². The number of hydrogen-bond acceptors (Lipinski definition) is 17. The summed E-state index contributed by atoms with van der Waals surface area (Å²) in [5.41, 5.74) is -2.73. The fourth-order valence-electron chi connectivity index (χ4n) is 5.89. The Balaban J connectivity index is 0.00000673. The van der Waals surface area contributed by atoms with E-state index in [1.807, 2.05) is 0 Å². The number of carboxylic acids is 1. The van der Waals surface area contributed by atoms with Gasteiger partial charge in [-0.3, -0.25) is 43.3 Å². The number of aliphatic carboxylic acids is 1. The fraction of sp³-hybridized carbons (Fsp3) is 0.400. The topological polar surface area (TPSA) is 276 Å². The summed E-state index contributed by atoms with van der Waals surface area (Å²) in [7, 11) is 1.58. The van der Waals surface area contributed by atoms with Crippen molar-refractivity contribution in [3.8, 4) is 11.5 Å². The number of amides is 6. The molecule has 1 aromatic carbocycles. The van der Waals surface area contributed by atoms with Crippen molar-refractivity contribution in [2.24, 2.45) is 7.05 Å². The van der Waals surface area contributed by atoms with E-state index in [-0.39, 0.29) is 96.2 Å². The SMILES string of the molecule is CCN1CCN(N(C=O)C(C(=O)N[C@]2(NC=O)C(=O)N3C(C(=O)[O-])=C(CSc4nnnn4C)CS[C@H]32)c2ccc(OC(C)=O)c(OC(C)=O)c2)C(=O)C1=O.[Na+]. The zero-order chi connectivity index (χ0) is 39.5. The van der Waals surface area contributed by atoms with E-state index in [0.717, 1.165) is 59.4 Å². The summed E-state index contributed by atoms with van der Waals surface area (Å²) in [6.07, 6.45) is 0.191. The number of thioether (sulfide) groups is 2. The third kappa shape index (κ3) is 8.31. The van der Waals surface area contributed by atoms with Gasteiger partial charge >= 0.3 is 53.3 Å². The molecule has 25 heteroatoms. The quantitative estimate of drug-likeness (QED) is 0.0247. The van der Waals surface area contributed by atoms with Gasteiger partial charge in [-0.05, 0) is 40.6 Å². The van der Waals surface area contributed by atoms with Gasteiger partial charge in [0.15, 0.2) is 17.5 Å². The van der Waals surface area contributed by atoms with Gasteiger partial charge in [-0.25, -0.2) is 14.7 Å². The molecule has 6 amide bonds. The number of benzene rings is 1. The number of fused-ring (bicyclic) bond motifs is 1. The number of esters is 2. The van der Waals surface area contributed by atoms with Gasteiger partial charge < -0.3 is 34.9 Å². The monoisotopic (exact) mass is 810 g/mol. The Morgan fingerprint density at radius 1 is 1.11 bits per heavy atom. The Labute approximate surface area is 341 Å². The molecule has 3 aliphatic heterocycles.